The van der Waals surface area contributed by atoms with Crippen LogP contribution < -0.4 is 5.32 Å². The molecule has 0 bridgehead atoms. The van der Waals surface area contributed by atoms with E-state index >= 15 is 0 Å². The molecule has 1 aromatic carbocycles. The van der Waals surface area contributed by atoms with Crippen LogP contribution in [0.15, 0.2) is 24.3 Å². The third-order valence-electron chi connectivity index (χ3n) is 4.26. The number of β-amino-alcohol motifs (C(OH)–C–C–N with tert-alkyl or cyclic N) is 1. The van der Waals surface area contributed by atoms with Crippen molar-refractivity contribution in [3.63, 3.8) is 0 Å². The van der Waals surface area contributed by atoms with Crippen LogP contribution in [-0.2, 0) is 16.6 Å². The van der Waals surface area contributed by atoms with Gasteiger partial charge >= 0.3 is 6.18 Å². The average Bonchev–Trinajstić information content (AvgIpc) is 2.45. The van der Waals surface area contributed by atoms with Gasteiger partial charge in [-0.05, 0) is 37.9 Å². The van der Waals surface area contributed by atoms with Gasteiger partial charge in [0.1, 0.15) is 5.60 Å². The van der Waals surface area contributed by atoms with Crippen LogP contribution >= 0.6 is 0 Å². The number of hydrogen-bond donors (Lipinski definition) is 2. The van der Waals surface area contributed by atoms with Crippen molar-refractivity contribution in [1.29, 1.82) is 0 Å². The summed E-state index contributed by atoms with van der Waals surface area (Å²) in [7, 11) is 0. The minimum atomic E-state index is -4.51. The number of carbonyl (C=O) groups excluding carboxylic acids is 1. The van der Waals surface area contributed by atoms with Gasteiger partial charge in [-0.15, -0.1) is 0 Å². The number of nitrogens with zero attached hydrogens (tertiary/aromatic N) is 1. The van der Waals surface area contributed by atoms with Crippen molar-refractivity contribution in [2.75, 3.05) is 19.6 Å². The Bertz CT molecular complexity index is 587. The molecule has 7 heteroatoms. The maximum absolute atomic E-state index is 13.2. The minimum absolute atomic E-state index is 0.0371. The zero-order valence-corrected chi connectivity index (χ0v) is 13.9. The third kappa shape index (κ3) is 4.70. The summed E-state index contributed by atoms with van der Waals surface area (Å²) in [5.74, 6) is -0.129. The summed E-state index contributed by atoms with van der Waals surface area (Å²) >= 11 is 0. The first kappa shape index (κ1) is 18.7. The highest BCUT2D eigenvalue weighted by Crippen LogP contribution is 2.37. The summed E-state index contributed by atoms with van der Waals surface area (Å²) in [4.78, 5) is 13.1. The monoisotopic (exact) mass is 344 g/mol. The Balaban J connectivity index is 2.15. The summed E-state index contributed by atoms with van der Waals surface area (Å²) in [5, 5.41) is 13.6. The molecule has 1 aromatic rings. The van der Waals surface area contributed by atoms with Crippen LogP contribution in [0.3, 0.4) is 0 Å². The lowest BCUT2D eigenvalue weighted by Crippen LogP contribution is -2.50. The van der Waals surface area contributed by atoms with Crippen LogP contribution in [0, 0.1) is 0 Å². The van der Waals surface area contributed by atoms with Gasteiger partial charge in [0, 0.05) is 26.1 Å². The number of alkyl halides is 3. The summed E-state index contributed by atoms with van der Waals surface area (Å²) in [6.07, 6.45) is -2.86. The first-order valence-corrected chi connectivity index (χ1v) is 7.98. The second-order valence-electron chi connectivity index (χ2n) is 6.59. The van der Waals surface area contributed by atoms with Crippen molar-refractivity contribution in [3.8, 4) is 0 Å². The molecule has 0 saturated carbocycles. The molecule has 1 amide bonds. The Morgan fingerprint density at radius 2 is 1.96 bits per heavy atom. The molecule has 0 aromatic heterocycles. The number of amides is 1. The van der Waals surface area contributed by atoms with E-state index in [4.69, 9.17) is 0 Å². The standard InChI is InChI=1S/C17H23F3N2O2/c1-12(23)21-13-6-5-9-22(10-13)11-16(2,24)14-7-3-4-8-15(14)17(18,19)20/h3-4,7-8,13,24H,5-6,9-11H2,1-2H3,(H,21,23)/t13-,16-/m0/s1. The quantitative estimate of drug-likeness (QED) is 0.882. The normalized spacial score (nSPS) is 22.0. The Kier molecular flexibility index (Phi) is 5.55. The van der Waals surface area contributed by atoms with Gasteiger partial charge in [0.2, 0.25) is 5.91 Å². The number of aliphatic hydroxyl groups is 1. The number of hydrogen-bond acceptors (Lipinski definition) is 3. The lowest BCUT2D eigenvalue weighted by Gasteiger charge is -2.38. The van der Waals surface area contributed by atoms with E-state index in [0.717, 1.165) is 18.9 Å². The molecule has 134 valence electrons. The first-order chi connectivity index (χ1) is 11.1. The fourth-order valence-corrected chi connectivity index (χ4v) is 3.32. The van der Waals surface area contributed by atoms with Crippen molar-refractivity contribution in [2.24, 2.45) is 0 Å². The number of halogens is 3. The molecule has 0 spiro atoms. The molecule has 2 rings (SSSR count). The molecule has 0 aliphatic carbocycles. The number of benzene rings is 1. The SMILES string of the molecule is CC(=O)N[C@H]1CCCN(C[C@](C)(O)c2ccccc2C(F)(F)F)C1. The second-order valence-corrected chi connectivity index (χ2v) is 6.59. The van der Waals surface area contributed by atoms with Gasteiger partial charge in [-0.3, -0.25) is 9.69 Å². The molecule has 1 aliphatic rings. The van der Waals surface area contributed by atoms with E-state index in [2.05, 4.69) is 5.32 Å². The molecular formula is C17H23F3N2O2. The zero-order valence-electron chi connectivity index (χ0n) is 13.9. The molecule has 1 aliphatic heterocycles. The molecule has 0 unspecified atom stereocenters. The summed E-state index contributed by atoms with van der Waals surface area (Å²) in [6.45, 7) is 4.12. The van der Waals surface area contributed by atoms with Crippen LogP contribution in [0.5, 0.6) is 0 Å². The van der Waals surface area contributed by atoms with Crippen LogP contribution in [0.2, 0.25) is 0 Å². The lowest BCUT2D eigenvalue weighted by molar-refractivity contribution is -0.141. The van der Waals surface area contributed by atoms with Crippen molar-refractivity contribution >= 4 is 5.91 Å². The number of piperidine rings is 1. The van der Waals surface area contributed by atoms with E-state index in [1.165, 1.54) is 32.0 Å². The number of rotatable bonds is 4. The number of nitrogens with one attached hydrogen (secondary N) is 1. The molecule has 2 atom stereocenters. The zero-order chi connectivity index (χ0) is 18.0. The molecule has 4 nitrogen and oxygen atoms in total. The van der Waals surface area contributed by atoms with E-state index in [0.29, 0.717) is 13.1 Å². The maximum Gasteiger partial charge on any atom is 0.416 e. The van der Waals surface area contributed by atoms with E-state index in [9.17, 15) is 23.1 Å². The lowest BCUT2D eigenvalue weighted by atomic mass is 9.89. The number of carbonyl (C=O) groups is 1. The highest BCUT2D eigenvalue weighted by atomic mass is 19.4. The van der Waals surface area contributed by atoms with Crippen LogP contribution in [0.4, 0.5) is 13.2 Å². The van der Waals surface area contributed by atoms with Crippen LogP contribution in [-0.4, -0.2) is 41.6 Å². The Morgan fingerprint density at radius 1 is 1.33 bits per heavy atom. The Labute approximate surface area is 139 Å². The molecule has 1 fully saturated rings. The van der Waals surface area contributed by atoms with E-state index in [1.54, 1.807) is 0 Å². The topological polar surface area (TPSA) is 52.6 Å². The molecular weight excluding hydrogens is 321 g/mol. The van der Waals surface area contributed by atoms with Gasteiger partial charge < -0.3 is 10.4 Å². The van der Waals surface area contributed by atoms with Crippen molar-refractivity contribution in [2.45, 2.75) is 44.5 Å². The van der Waals surface area contributed by atoms with Crippen molar-refractivity contribution in [1.82, 2.24) is 10.2 Å². The van der Waals surface area contributed by atoms with Gasteiger partial charge in [0.05, 0.1) is 5.56 Å². The molecule has 1 heterocycles. The highest BCUT2D eigenvalue weighted by Gasteiger charge is 2.39. The van der Waals surface area contributed by atoms with Gasteiger partial charge in [0.15, 0.2) is 0 Å². The van der Waals surface area contributed by atoms with Crippen molar-refractivity contribution in [3.05, 3.63) is 35.4 Å². The van der Waals surface area contributed by atoms with Crippen LogP contribution in [0.1, 0.15) is 37.8 Å². The largest absolute Gasteiger partial charge is 0.416 e. The summed E-state index contributed by atoms with van der Waals surface area (Å²) in [5.41, 5.74) is -2.57. The van der Waals surface area contributed by atoms with Crippen molar-refractivity contribution < 1.29 is 23.1 Å². The maximum atomic E-state index is 13.2. The average molecular weight is 344 g/mol. The fraction of sp³-hybridized carbons (Fsp3) is 0.588. The van der Waals surface area contributed by atoms with Crippen LogP contribution in [0.25, 0.3) is 0 Å². The first-order valence-electron chi connectivity index (χ1n) is 7.98. The summed E-state index contributed by atoms with van der Waals surface area (Å²) < 4.78 is 39.6. The van der Waals surface area contributed by atoms with Gasteiger partial charge in [0.25, 0.3) is 0 Å². The Morgan fingerprint density at radius 3 is 2.54 bits per heavy atom. The molecule has 24 heavy (non-hydrogen) atoms. The van der Waals surface area contributed by atoms with Gasteiger partial charge in [-0.25, -0.2) is 0 Å². The predicted octanol–water partition coefficient (Wildman–Crippen LogP) is 2.51. The molecule has 2 N–H and O–H groups in total. The van der Waals surface area contributed by atoms with E-state index < -0.39 is 17.3 Å². The highest BCUT2D eigenvalue weighted by molar-refractivity contribution is 5.73. The smallest absolute Gasteiger partial charge is 0.384 e. The van der Waals surface area contributed by atoms with E-state index in [1.807, 2.05) is 4.90 Å². The molecule has 1 saturated heterocycles. The third-order valence-corrected chi connectivity index (χ3v) is 4.26. The fourth-order valence-electron chi connectivity index (χ4n) is 3.32. The minimum Gasteiger partial charge on any atom is -0.384 e. The van der Waals surface area contributed by atoms with Gasteiger partial charge in [-0.2, -0.15) is 13.2 Å². The van der Waals surface area contributed by atoms with Gasteiger partial charge in [-0.1, -0.05) is 18.2 Å². The molecule has 0 radical (unpaired) electrons. The second kappa shape index (κ2) is 7.11. The number of likely N-dealkylation sites (tertiary alicyclic amines) is 1. The summed E-state index contributed by atoms with van der Waals surface area (Å²) in [6, 6.07) is 5.08. The van der Waals surface area contributed by atoms with E-state index in [-0.39, 0.29) is 24.1 Å². The Hall–Kier alpha value is -1.60. The predicted molar refractivity (Wildman–Crippen MR) is 84.3 cm³/mol.